The highest BCUT2D eigenvalue weighted by molar-refractivity contribution is 5.82. The van der Waals surface area contributed by atoms with Gasteiger partial charge in [-0.3, -0.25) is 0 Å². The topological polar surface area (TPSA) is 43.8 Å². The summed E-state index contributed by atoms with van der Waals surface area (Å²) in [6.45, 7) is 8.84. The molecular weight excluding hydrogens is 258 g/mol. The van der Waals surface area contributed by atoms with Crippen molar-refractivity contribution in [1.82, 2.24) is 9.55 Å². The zero-order chi connectivity index (χ0) is 15.0. The SMILES string of the molecule is C=CCn1c(-c2ccc(N)cc2)nc2cc(C)c(C)cc21. The van der Waals surface area contributed by atoms with E-state index in [2.05, 4.69) is 37.1 Å². The van der Waals surface area contributed by atoms with Gasteiger partial charge in [0, 0.05) is 17.8 Å². The van der Waals surface area contributed by atoms with Crippen molar-refractivity contribution in [3.63, 3.8) is 0 Å². The summed E-state index contributed by atoms with van der Waals surface area (Å²) < 4.78 is 2.19. The summed E-state index contributed by atoms with van der Waals surface area (Å²) in [5.41, 5.74) is 12.3. The maximum atomic E-state index is 5.77. The third-order valence-corrected chi connectivity index (χ3v) is 3.84. The van der Waals surface area contributed by atoms with Crippen LogP contribution in [0, 0.1) is 13.8 Å². The van der Waals surface area contributed by atoms with Crippen molar-refractivity contribution in [1.29, 1.82) is 0 Å². The number of imidazole rings is 1. The minimum Gasteiger partial charge on any atom is -0.399 e. The number of nitrogens with zero attached hydrogens (tertiary/aromatic N) is 2. The van der Waals surface area contributed by atoms with Gasteiger partial charge in [0.05, 0.1) is 11.0 Å². The molecule has 1 aromatic heterocycles. The molecule has 0 spiro atoms. The summed E-state index contributed by atoms with van der Waals surface area (Å²) >= 11 is 0. The van der Waals surface area contributed by atoms with Gasteiger partial charge in [0.15, 0.2) is 0 Å². The van der Waals surface area contributed by atoms with Crippen LogP contribution in [0.4, 0.5) is 5.69 Å². The predicted octanol–water partition coefficient (Wildman–Crippen LogP) is 4.09. The number of benzene rings is 2. The normalized spacial score (nSPS) is 11.0. The van der Waals surface area contributed by atoms with Gasteiger partial charge < -0.3 is 10.3 Å². The van der Waals surface area contributed by atoms with Gasteiger partial charge in [-0.05, 0) is 61.4 Å². The Morgan fingerprint density at radius 2 is 1.81 bits per heavy atom. The van der Waals surface area contributed by atoms with E-state index in [1.165, 1.54) is 11.1 Å². The lowest BCUT2D eigenvalue weighted by atomic mass is 10.1. The smallest absolute Gasteiger partial charge is 0.141 e. The summed E-state index contributed by atoms with van der Waals surface area (Å²) in [5.74, 6) is 0.954. The molecule has 0 unspecified atom stereocenters. The monoisotopic (exact) mass is 277 g/mol. The lowest BCUT2D eigenvalue weighted by Gasteiger charge is -2.07. The maximum Gasteiger partial charge on any atom is 0.141 e. The van der Waals surface area contributed by atoms with Crippen molar-refractivity contribution < 1.29 is 0 Å². The Kier molecular flexibility index (Phi) is 3.26. The van der Waals surface area contributed by atoms with Crippen molar-refractivity contribution in [2.45, 2.75) is 20.4 Å². The van der Waals surface area contributed by atoms with E-state index in [1.54, 1.807) is 0 Å². The van der Waals surface area contributed by atoms with Crippen LogP contribution in [-0.4, -0.2) is 9.55 Å². The van der Waals surface area contributed by atoms with Gasteiger partial charge in [0.2, 0.25) is 0 Å². The number of anilines is 1. The Balaban J connectivity index is 2.28. The van der Waals surface area contributed by atoms with E-state index in [1.807, 2.05) is 30.3 Å². The van der Waals surface area contributed by atoms with E-state index in [4.69, 9.17) is 10.7 Å². The molecule has 0 aliphatic carbocycles. The van der Waals surface area contributed by atoms with E-state index >= 15 is 0 Å². The van der Waals surface area contributed by atoms with Crippen LogP contribution in [0.2, 0.25) is 0 Å². The zero-order valence-corrected chi connectivity index (χ0v) is 12.4. The quantitative estimate of drug-likeness (QED) is 0.579. The highest BCUT2D eigenvalue weighted by atomic mass is 15.1. The number of hydrogen-bond acceptors (Lipinski definition) is 2. The molecule has 2 N–H and O–H groups in total. The number of allylic oxidation sites excluding steroid dienone is 1. The van der Waals surface area contributed by atoms with E-state index in [0.717, 1.165) is 34.7 Å². The van der Waals surface area contributed by atoms with Crippen molar-refractivity contribution in [2.75, 3.05) is 5.73 Å². The Morgan fingerprint density at radius 1 is 1.14 bits per heavy atom. The number of nitrogens with two attached hydrogens (primary N) is 1. The summed E-state index contributed by atoms with van der Waals surface area (Å²) in [4.78, 5) is 4.81. The molecule has 3 rings (SSSR count). The summed E-state index contributed by atoms with van der Waals surface area (Å²) in [5, 5.41) is 0. The Morgan fingerprint density at radius 3 is 2.48 bits per heavy atom. The standard InChI is InChI=1S/C18H19N3/c1-4-9-21-17-11-13(3)12(2)10-16(17)20-18(21)14-5-7-15(19)8-6-14/h4-8,10-11H,1,9,19H2,2-3H3. The molecule has 0 radical (unpaired) electrons. The van der Waals surface area contributed by atoms with Gasteiger partial charge >= 0.3 is 0 Å². The van der Waals surface area contributed by atoms with Crippen LogP contribution in [0.25, 0.3) is 22.4 Å². The molecule has 0 atom stereocenters. The van der Waals surface area contributed by atoms with Crippen molar-refractivity contribution >= 4 is 16.7 Å². The molecule has 0 fully saturated rings. The van der Waals surface area contributed by atoms with Crippen molar-refractivity contribution in [3.05, 3.63) is 60.2 Å². The first-order valence-electron chi connectivity index (χ1n) is 7.04. The molecule has 3 aromatic rings. The highest BCUT2D eigenvalue weighted by Gasteiger charge is 2.12. The third-order valence-electron chi connectivity index (χ3n) is 3.84. The van der Waals surface area contributed by atoms with Crippen molar-refractivity contribution in [2.24, 2.45) is 0 Å². The van der Waals surface area contributed by atoms with Crippen LogP contribution in [-0.2, 0) is 6.54 Å². The van der Waals surface area contributed by atoms with Crippen LogP contribution in [0.15, 0.2) is 49.1 Å². The molecule has 21 heavy (non-hydrogen) atoms. The van der Waals surface area contributed by atoms with Crippen LogP contribution >= 0.6 is 0 Å². The zero-order valence-electron chi connectivity index (χ0n) is 12.4. The molecule has 2 aromatic carbocycles. The van der Waals surface area contributed by atoms with Crippen LogP contribution in [0.5, 0.6) is 0 Å². The maximum absolute atomic E-state index is 5.77. The van der Waals surface area contributed by atoms with Gasteiger partial charge in [-0.25, -0.2) is 4.98 Å². The molecule has 106 valence electrons. The minimum absolute atomic E-state index is 0.735. The summed E-state index contributed by atoms with van der Waals surface area (Å²) in [6, 6.07) is 12.2. The molecule has 0 aliphatic rings. The Bertz CT molecular complexity index is 811. The molecule has 0 saturated heterocycles. The fraction of sp³-hybridized carbons (Fsp3) is 0.167. The second-order valence-electron chi connectivity index (χ2n) is 5.38. The van der Waals surface area contributed by atoms with Gasteiger partial charge in [-0.2, -0.15) is 0 Å². The van der Waals surface area contributed by atoms with Crippen molar-refractivity contribution in [3.8, 4) is 11.4 Å². The lowest BCUT2D eigenvalue weighted by molar-refractivity contribution is 0.861. The highest BCUT2D eigenvalue weighted by Crippen LogP contribution is 2.27. The van der Waals surface area contributed by atoms with Crippen LogP contribution in [0.1, 0.15) is 11.1 Å². The molecule has 0 aliphatic heterocycles. The lowest BCUT2D eigenvalue weighted by Crippen LogP contribution is -1.98. The number of hydrogen-bond donors (Lipinski definition) is 1. The van der Waals surface area contributed by atoms with Crippen LogP contribution < -0.4 is 5.73 Å². The minimum atomic E-state index is 0.735. The number of nitrogen functional groups attached to an aromatic ring is 1. The summed E-state index contributed by atoms with van der Waals surface area (Å²) in [6.07, 6.45) is 1.90. The third kappa shape index (κ3) is 2.31. The fourth-order valence-electron chi connectivity index (χ4n) is 2.55. The number of aryl methyl sites for hydroxylation is 2. The van der Waals surface area contributed by atoms with Gasteiger partial charge in [-0.15, -0.1) is 6.58 Å². The predicted molar refractivity (Wildman–Crippen MR) is 89.3 cm³/mol. The van der Waals surface area contributed by atoms with E-state index in [-0.39, 0.29) is 0 Å². The number of aromatic nitrogens is 2. The van der Waals surface area contributed by atoms with Gasteiger partial charge in [-0.1, -0.05) is 6.08 Å². The van der Waals surface area contributed by atoms with Gasteiger partial charge in [0.25, 0.3) is 0 Å². The average Bonchev–Trinajstić information content (AvgIpc) is 2.79. The first-order chi connectivity index (χ1) is 10.1. The molecule has 3 nitrogen and oxygen atoms in total. The van der Waals surface area contributed by atoms with E-state index < -0.39 is 0 Å². The number of rotatable bonds is 3. The second-order valence-corrected chi connectivity index (χ2v) is 5.38. The second kappa shape index (κ2) is 5.09. The average molecular weight is 277 g/mol. The molecule has 3 heteroatoms. The van der Waals surface area contributed by atoms with E-state index in [0.29, 0.717) is 0 Å². The largest absolute Gasteiger partial charge is 0.399 e. The first kappa shape index (κ1) is 13.4. The Labute approximate surface area is 124 Å². The molecule has 0 saturated carbocycles. The molecular formula is C18H19N3. The molecule has 0 amide bonds. The first-order valence-corrected chi connectivity index (χ1v) is 7.04. The Hall–Kier alpha value is -2.55. The van der Waals surface area contributed by atoms with Gasteiger partial charge in [0.1, 0.15) is 5.82 Å². The van der Waals surface area contributed by atoms with E-state index in [9.17, 15) is 0 Å². The number of fused-ring (bicyclic) bond motifs is 1. The molecule has 1 heterocycles. The summed E-state index contributed by atoms with van der Waals surface area (Å²) in [7, 11) is 0. The molecule has 0 bridgehead atoms. The fourth-order valence-corrected chi connectivity index (χ4v) is 2.55. The van der Waals surface area contributed by atoms with Crippen LogP contribution in [0.3, 0.4) is 0 Å².